The number of carbonyl (C=O) groups excluding carboxylic acids is 1. The van der Waals surface area contributed by atoms with E-state index in [9.17, 15) is 4.79 Å². The molecule has 0 fully saturated rings. The predicted molar refractivity (Wildman–Crippen MR) is 113 cm³/mol. The quantitative estimate of drug-likeness (QED) is 0.407. The molecule has 3 aromatic carbocycles. The fraction of sp³-hybridized carbons (Fsp3) is 0.160. The molecule has 0 spiro atoms. The standard InChI is InChI=1S/C25H23NO2/c1-18-11-12-21(15-19(18)2)24(27)16-26-14-13-22-23(26)9-6-10-25(22)28-17-20-7-4-3-5-8-20/h3-15H,16-17H2,1-2H3. The third kappa shape index (κ3) is 3.70. The van der Waals surface area contributed by atoms with Crippen molar-refractivity contribution < 1.29 is 9.53 Å². The second-order valence-corrected chi connectivity index (χ2v) is 7.13. The molecule has 0 unspecified atom stereocenters. The summed E-state index contributed by atoms with van der Waals surface area (Å²) in [7, 11) is 0. The Morgan fingerprint density at radius 1 is 0.893 bits per heavy atom. The van der Waals surface area contributed by atoms with E-state index in [-0.39, 0.29) is 5.78 Å². The maximum absolute atomic E-state index is 12.8. The van der Waals surface area contributed by atoms with Crippen LogP contribution in [0, 0.1) is 13.8 Å². The summed E-state index contributed by atoms with van der Waals surface area (Å²) in [6.45, 7) is 4.92. The molecule has 3 heteroatoms. The SMILES string of the molecule is Cc1ccc(C(=O)Cn2ccc3c(OCc4ccccc4)cccc32)cc1C. The molecule has 1 aromatic heterocycles. The molecule has 0 aliphatic carbocycles. The number of hydrogen-bond donors (Lipinski definition) is 0. The van der Waals surface area contributed by atoms with Crippen LogP contribution in [0.15, 0.2) is 79.0 Å². The molecule has 0 saturated carbocycles. The zero-order valence-corrected chi connectivity index (χ0v) is 16.2. The van der Waals surface area contributed by atoms with E-state index in [1.807, 2.05) is 90.5 Å². The smallest absolute Gasteiger partial charge is 0.182 e. The molecular weight excluding hydrogens is 346 g/mol. The van der Waals surface area contributed by atoms with Crippen molar-refractivity contribution in [1.29, 1.82) is 0 Å². The van der Waals surface area contributed by atoms with E-state index in [1.54, 1.807) is 0 Å². The Morgan fingerprint density at radius 2 is 1.71 bits per heavy atom. The van der Waals surface area contributed by atoms with Crippen molar-refractivity contribution in [2.45, 2.75) is 27.0 Å². The number of ketones is 1. The van der Waals surface area contributed by atoms with Gasteiger partial charge >= 0.3 is 0 Å². The van der Waals surface area contributed by atoms with Crippen LogP contribution in [0.1, 0.15) is 27.0 Å². The Hall–Kier alpha value is -3.33. The minimum atomic E-state index is 0.108. The summed E-state index contributed by atoms with van der Waals surface area (Å²) in [4.78, 5) is 12.8. The normalized spacial score (nSPS) is 10.9. The van der Waals surface area contributed by atoms with Crippen molar-refractivity contribution >= 4 is 16.7 Å². The minimum Gasteiger partial charge on any atom is -0.488 e. The van der Waals surface area contributed by atoms with Gasteiger partial charge in [0, 0.05) is 17.1 Å². The molecule has 1 heterocycles. The lowest BCUT2D eigenvalue weighted by molar-refractivity contribution is 0.0973. The highest BCUT2D eigenvalue weighted by atomic mass is 16.5. The van der Waals surface area contributed by atoms with Crippen LogP contribution in [-0.2, 0) is 13.2 Å². The van der Waals surface area contributed by atoms with E-state index in [4.69, 9.17) is 4.74 Å². The van der Waals surface area contributed by atoms with Crippen molar-refractivity contribution in [3.8, 4) is 5.75 Å². The van der Waals surface area contributed by atoms with E-state index in [0.717, 1.165) is 33.3 Å². The van der Waals surface area contributed by atoms with Gasteiger partial charge in [-0.1, -0.05) is 48.5 Å². The molecule has 0 amide bonds. The van der Waals surface area contributed by atoms with Gasteiger partial charge in [-0.3, -0.25) is 4.79 Å². The van der Waals surface area contributed by atoms with Gasteiger partial charge in [0.25, 0.3) is 0 Å². The Bertz CT molecular complexity index is 1130. The molecule has 0 N–H and O–H groups in total. The van der Waals surface area contributed by atoms with Crippen molar-refractivity contribution in [2.75, 3.05) is 0 Å². The van der Waals surface area contributed by atoms with E-state index < -0.39 is 0 Å². The molecule has 0 bridgehead atoms. The molecule has 4 rings (SSSR count). The van der Waals surface area contributed by atoms with Gasteiger partial charge in [0.05, 0.1) is 12.1 Å². The van der Waals surface area contributed by atoms with Crippen LogP contribution in [0.25, 0.3) is 10.9 Å². The van der Waals surface area contributed by atoms with Crippen molar-refractivity contribution in [2.24, 2.45) is 0 Å². The zero-order valence-electron chi connectivity index (χ0n) is 16.2. The van der Waals surface area contributed by atoms with Crippen LogP contribution >= 0.6 is 0 Å². The topological polar surface area (TPSA) is 31.2 Å². The Kier molecular flexibility index (Phi) is 4.98. The number of Topliss-reactive ketones (excluding diaryl/α,β-unsaturated/α-hetero) is 1. The molecule has 0 saturated heterocycles. The van der Waals surface area contributed by atoms with Crippen LogP contribution < -0.4 is 4.74 Å². The summed E-state index contributed by atoms with van der Waals surface area (Å²) >= 11 is 0. The number of carbonyl (C=O) groups is 1. The molecular formula is C25H23NO2. The second-order valence-electron chi connectivity index (χ2n) is 7.13. The molecule has 0 radical (unpaired) electrons. The second kappa shape index (κ2) is 7.73. The number of aryl methyl sites for hydroxylation is 2. The van der Waals surface area contributed by atoms with Gasteiger partial charge in [0.2, 0.25) is 0 Å². The number of benzene rings is 3. The van der Waals surface area contributed by atoms with Crippen molar-refractivity contribution in [3.63, 3.8) is 0 Å². The molecule has 140 valence electrons. The number of aromatic nitrogens is 1. The monoisotopic (exact) mass is 369 g/mol. The summed E-state index contributed by atoms with van der Waals surface area (Å²) in [6.07, 6.45) is 1.96. The number of nitrogens with zero attached hydrogens (tertiary/aromatic N) is 1. The first-order valence-electron chi connectivity index (χ1n) is 9.47. The van der Waals surface area contributed by atoms with Gasteiger partial charge in [0.15, 0.2) is 5.78 Å². The number of ether oxygens (including phenoxy) is 1. The summed E-state index contributed by atoms with van der Waals surface area (Å²) in [5, 5.41) is 1.02. The average Bonchev–Trinajstić information content (AvgIpc) is 3.12. The number of fused-ring (bicyclic) bond motifs is 1. The Labute approximate surface area is 165 Å². The minimum absolute atomic E-state index is 0.108. The maximum atomic E-state index is 12.8. The molecule has 0 atom stereocenters. The van der Waals surface area contributed by atoms with E-state index in [1.165, 1.54) is 5.56 Å². The largest absolute Gasteiger partial charge is 0.488 e. The fourth-order valence-corrected chi connectivity index (χ4v) is 3.36. The van der Waals surface area contributed by atoms with Gasteiger partial charge in [-0.15, -0.1) is 0 Å². The van der Waals surface area contributed by atoms with Crippen LogP contribution in [0.5, 0.6) is 5.75 Å². The molecule has 4 aromatic rings. The lowest BCUT2D eigenvalue weighted by Crippen LogP contribution is -2.10. The van der Waals surface area contributed by atoms with E-state index in [0.29, 0.717) is 13.2 Å². The third-order valence-electron chi connectivity index (χ3n) is 5.15. The summed E-state index contributed by atoms with van der Waals surface area (Å²) in [5.74, 6) is 0.940. The van der Waals surface area contributed by atoms with Crippen LogP contribution in [0.3, 0.4) is 0 Å². The van der Waals surface area contributed by atoms with E-state index in [2.05, 4.69) is 6.92 Å². The van der Waals surface area contributed by atoms with Gasteiger partial charge in [-0.2, -0.15) is 0 Å². The first-order chi connectivity index (χ1) is 13.6. The summed E-state index contributed by atoms with van der Waals surface area (Å²) < 4.78 is 8.03. The average molecular weight is 369 g/mol. The first-order valence-corrected chi connectivity index (χ1v) is 9.47. The molecule has 0 aliphatic heterocycles. The Balaban J connectivity index is 1.55. The maximum Gasteiger partial charge on any atom is 0.182 e. The Morgan fingerprint density at radius 3 is 2.50 bits per heavy atom. The fourth-order valence-electron chi connectivity index (χ4n) is 3.36. The predicted octanol–water partition coefficient (Wildman–Crippen LogP) is 5.72. The lowest BCUT2D eigenvalue weighted by atomic mass is 10.0. The van der Waals surface area contributed by atoms with Crippen molar-refractivity contribution in [3.05, 3.63) is 101 Å². The van der Waals surface area contributed by atoms with Crippen molar-refractivity contribution in [1.82, 2.24) is 4.57 Å². The highest BCUT2D eigenvalue weighted by Gasteiger charge is 2.12. The van der Waals surface area contributed by atoms with Crippen LogP contribution in [0.4, 0.5) is 0 Å². The first kappa shape index (κ1) is 18.1. The van der Waals surface area contributed by atoms with Gasteiger partial charge in [-0.05, 0) is 54.8 Å². The highest BCUT2D eigenvalue weighted by molar-refractivity contribution is 5.97. The van der Waals surface area contributed by atoms with Crippen LogP contribution in [0.2, 0.25) is 0 Å². The molecule has 3 nitrogen and oxygen atoms in total. The van der Waals surface area contributed by atoms with Gasteiger partial charge < -0.3 is 9.30 Å². The van der Waals surface area contributed by atoms with Gasteiger partial charge in [0.1, 0.15) is 12.4 Å². The van der Waals surface area contributed by atoms with E-state index >= 15 is 0 Å². The third-order valence-corrected chi connectivity index (χ3v) is 5.15. The summed E-state index contributed by atoms with van der Waals surface area (Å²) in [5.41, 5.74) is 5.22. The number of hydrogen-bond acceptors (Lipinski definition) is 2. The van der Waals surface area contributed by atoms with Gasteiger partial charge in [-0.25, -0.2) is 0 Å². The molecule has 0 aliphatic rings. The zero-order chi connectivity index (χ0) is 19.5. The van der Waals surface area contributed by atoms with Crippen LogP contribution in [-0.4, -0.2) is 10.4 Å². The lowest BCUT2D eigenvalue weighted by Gasteiger charge is -2.10. The molecule has 28 heavy (non-hydrogen) atoms. The highest BCUT2D eigenvalue weighted by Crippen LogP contribution is 2.27. The summed E-state index contributed by atoms with van der Waals surface area (Å²) in [6, 6.07) is 24.0. The number of rotatable bonds is 6.